The van der Waals surface area contributed by atoms with E-state index in [1.54, 1.807) is 0 Å². The summed E-state index contributed by atoms with van der Waals surface area (Å²) >= 11 is 0. The molecule has 1 amide bonds. The highest BCUT2D eigenvalue weighted by Gasteiger charge is 2.23. The van der Waals surface area contributed by atoms with Crippen molar-refractivity contribution < 1.29 is 9.53 Å². The molecule has 0 saturated carbocycles. The zero-order valence-corrected chi connectivity index (χ0v) is 13.0. The number of amides is 1. The molecule has 1 aromatic carbocycles. The second kappa shape index (κ2) is 8.03. The Kier molecular flexibility index (Phi) is 6.05. The lowest BCUT2D eigenvalue weighted by atomic mass is 10.0. The van der Waals surface area contributed by atoms with Crippen LogP contribution in [-0.2, 0) is 11.3 Å². The van der Waals surface area contributed by atoms with Crippen molar-refractivity contribution in [2.75, 3.05) is 13.1 Å². The first kappa shape index (κ1) is 15.8. The first-order valence-corrected chi connectivity index (χ1v) is 7.87. The minimum Gasteiger partial charge on any atom is -0.445 e. The Hall–Kier alpha value is -1.55. The van der Waals surface area contributed by atoms with Crippen molar-refractivity contribution in [1.82, 2.24) is 10.2 Å². The van der Waals surface area contributed by atoms with Gasteiger partial charge in [-0.25, -0.2) is 4.79 Å². The number of carbonyl (C=O) groups excluding carboxylic acids is 1. The first-order chi connectivity index (χ1) is 10.2. The summed E-state index contributed by atoms with van der Waals surface area (Å²) in [4.78, 5) is 14.1. The van der Waals surface area contributed by atoms with Crippen molar-refractivity contribution in [2.45, 2.75) is 51.8 Å². The maximum absolute atomic E-state index is 12.3. The van der Waals surface area contributed by atoms with E-state index >= 15 is 0 Å². The Morgan fingerprint density at radius 2 is 2.10 bits per heavy atom. The Morgan fingerprint density at radius 1 is 1.33 bits per heavy atom. The largest absolute Gasteiger partial charge is 0.445 e. The minimum atomic E-state index is -0.221. The Bertz CT molecular complexity index is 428. The number of hydrogen-bond donors (Lipinski definition) is 1. The summed E-state index contributed by atoms with van der Waals surface area (Å²) in [5.41, 5.74) is 1.02. The van der Waals surface area contributed by atoms with Crippen molar-refractivity contribution in [3.05, 3.63) is 35.9 Å². The molecule has 1 atom stereocenters. The van der Waals surface area contributed by atoms with Gasteiger partial charge in [-0.1, -0.05) is 36.8 Å². The molecule has 21 heavy (non-hydrogen) atoms. The molecule has 1 N–H and O–H groups in total. The molecule has 1 aliphatic rings. The lowest BCUT2D eigenvalue weighted by Gasteiger charge is -2.32. The van der Waals surface area contributed by atoms with E-state index in [9.17, 15) is 4.79 Å². The van der Waals surface area contributed by atoms with Crippen LogP contribution in [0.25, 0.3) is 0 Å². The van der Waals surface area contributed by atoms with Crippen molar-refractivity contribution >= 4 is 6.09 Å². The van der Waals surface area contributed by atoms with Gasteiger partial charge in [0.05, 0.1) is 0 Å². The molecule has 1 aliphatic heterocycles. The summed E-state index contributed by atoms with van der Waals surface area (Å²) in [6, 6.07) is 10.3. The van der Waals surface area contributed by atoms with Crippen LogP contribution < -0.4 is 5.32 Å². The van der Waals surface area contributed by atoms with Gasteiger partial charge >= 0.3 is 6.09 Å². The van der Waals surface area contributed by atoms with Crippen LogP contribution in [0.4, 0.5) is 4.79 Å². The molecule has 0 aromatic heterocycles. The van der Waals surface area contributed by atoms with Gasteiger partial charge in [0.15, 0.2) is 0 Å². The summed E-state index contributed by atoms with van der Waals surface area (Å²) < 4.78 is 5.45. The lowest BCUT2D eigenvalue weighted by molar-refractivity contribution is 0.0799. The fourth-order valence-corrected chi connectivity index (χ4v) is 2.62. The second-order valence-corrected chi connectivity index (χ2v) is 5.93. The molecule has 4 heteroatoms. The van der Waals surface area contributed by atoms with E-state index in [1.165, 1.54) is 12.8 Å². The molecule has 1 heterocycles. The van der Waals surface area contributed by atoms with Gasteiger partial charge in [0.2, 0.25) is 0 Å². The zero-order valence-electron chi connectivity index (χ0n) is 13.0. The van der Waals surface area contributed by atoms with Crippen LogP contribution in [-0.4, -0.2) is 36.2 Å². The third-order valence-electron chi connectivity index (χ3n) is 3.89. The molecule has 2 rings (SSSR count). The molecule has 4 nitrogen and oxygen atoms in total. The highest BCUT2D eigenvalue weighted by molar-refractivity contribution is 5.68. The molecule has 0 spiro atoms. The number of piperidine rings is 1. The van der Waals surface area contributed by atoms with Crippen molar-refractivity contribution in [3.63, 3.8) is 0 Å². The van der Waals surface area contributed by atoms with Crippen LogP contribution in [0, 0.1) is 0 Å². The summed E-state index contributed by atoms with van der Waals surface area (Å²) in [5.74, 6) is 0. The number of rotatable bonds is 5. The van der Waals surface area contributed by atoms with E-state index in [-0.39, 0.29) is 12.1 Å². The number of carbonyl (C=O) groups is 1. The number of benzene rings is 1. The molecule has 1 saturated heterocycles. The van der Waals surface area contributed by atoms with Gasteiger partial charge in [-0.05, 0) is 38.8 Å². The predicted molar refractivity (Wildman–Crippen MR) is 84.1 cm³/mol. The van der Waals surface area contributed by atoms with Gasteiger partial charge in [0, 0.05) is 18.6 Å². The molecule has 0 radical (unpaired) electrons. The third-order valence-corrected chi connectivity index (χ3v) is 3.89. The van der Waals surface area contributed by atoms with Crippen LogP contribution in [0.2, 0.25) is 0 Å². The first-order valence-electron chi connectivity index (χ1n) is 7.87. The second-order valence-electron chi connectivity index (χ2n) is 5.93. The van der Waals surface area contributed by atoms with Crippen LogP contribution in [0.3, 0.4) is 0 Å². The molecule has 0 aliphatic carbocycles. The Labute approximate surface area is 127 Å². The highest BCUT2D eigenvalue weighted by Crippen LogP contribution is 2.12. The van der Waals surface area contributed by atoms with E-state index in [0.29, 0.717) is 12.6 Å². The zero-order chi connectivity index (χ0) is 15.1. The Balaban J connectivity index is 1.86. The monoisotopic (exact) mass is 290 g/mol. The molecule has 0 bridgehead atoms. The van der Waals surface area contributed by atoms with Gasteiger partial charge < -0.3 is 15.0 Å². The minimum absolute atomic E-state index is 0.150. The van der Waals surface area contributed by atoms with E-state index in [2.05, 4.69) is 5.32 Å². The molecule has 1 fully saturated rings. The number of nitrogens with one attached hydrogen (secondary N) is 1. The van der Waals surface area contributed by atoms with Crippen molar-refractivity contribution in [1.29, 1.82) is 0 Å². The lowest BCUT2D eigenvalue weighted by Crippen LogP contribution is -2.48. The molecule has 1 aromatic rings. The highest BCUT2D eigenvalue weighted by atomic mass is 16.6. The van der Waals surface area contributed by atoms with E-state index < -0.39 is 0 Å². The van der Waals surface area contributed by atoms with Gasteiger partial charge in [-0.2, -0.15) is 0 Å². The van der Waals surface area contributed by atoms with Crippen LogP contribution in [0.15, 0.2) is 30.3 Å². The Morgan fingerprint density at radius 3 is 2.71 bits per heavy atom. The smallest absolute Gasteiger partial charge is 0.410 e. The topological polar surface area (TPSA) is 41.6 Å². The average molecular weight is 290 g/mol. The van der Waals surface area contributed by atoms with E-state index in [4.69, 9.17) is 4.74 Å². The van der Waals surface area contributed by atoms with Crippen LogP contribution >= 0.6 is 0 Å². The van der Waals surface area contributed by atoms with E-state index in [0.717, 1.165) is 25.1 Å². The van der Waals surface area contributed by atoms with E-state index in [1.807, 2.05) is 49.1 Å². The third kappa shape index (κ3) is 5.05. The SMILES string of the molecule is CC(C)N(CC1CCCCN1)C(=O)OCc1ccccc1. The standard InChI is InChI=1S/C17H26N2O2/c1-14(2)19(12-16-10-6-7-11-18-16)17(20)21-13-15-8-4-3-5-9-15/h3-5,8-9,14,16,18H,6-7,10-13H2,1-2H3. The van der Waals surface area contributed by atoms with Gasteiger partial charge in [0.1, 0.15) is 6.61 Å². The van der Waals surface area contributed by atoms with Gasteiger partial charge in [-0.3, -0.25) is 0 Å². The molecule has 116 valence electrons. The summed E-state index contributed by atoms with van der Waals surface area (Å²) in [6.07, 6.45) is 3.38. The maximum atomic E-state index is 12.3. The van der Waals surface area contributed by atoms with Crippen molar-refractivity contribution in [2.24, 2.45) is 0 Å². The normalized spacial score (nSPS) is 18.5. The predicted octanol–water partition coefficient (Wildman–Crippen LogP) is 3.18. The molecule has 1 unspecified atom stereocenters. The average Bonchev–Trinajstić information content (AvgIpc) is 2.52. The van der Waals surface area contributed by atoms with Crippen molar-refractivity contribution in [3.8, 4) is 0 Å². The fourth-order valence-electron chi connectivity index (χ4n) is 2.62. The number of nitrogens with zero attached hydrogens (tertiary/aromatic N) is 1. The molecular formula is C17H26N2O2. The maximum Gasteiger partial charge on any atom is 0.410 e. The number of ether oxygens (including phenoxy) is 1. The summed E-state index contributed by atoms with van der Waals surface area (Å²) in [7, 11) is 0. The van der Waals surface area contributed by atoms with Gasteiger partial charge in [0.25, 0.3) is 0 Å². The fraction of sp³-hybridized carbons (Fsp3) is 0.588. The summed E-state index contributed by atoms with van der Waals surface area (Å²) in [6.45, 7) is 6.18. The summed E-state index contributed by atoms with van der Waals surface area (Å²) in [5, 5.41) is 3.48. The quantitative estimate of drug-likeness (QED) is 0.905. The molecular weight excluding hydrogens is 264 g/mol. The van der Waals surface area contributed by atoms with Crippen LogP contribution in [0.5, 0.6) is 0 Å². The van der Waals surface area contributed by atoms with Gasteiger partial charge in [-0.15, -0.1) is 0 Å². The number of hydrogen-bond acceptors (Lipinski definition) is 3. The van der Waals surface area contributed by atoms with Crippen LogP contribution in [0.1, 0.15) is 38.7 Å².